The number of carbonyl (C=O) groups excluding carboxylic acids is 2. The van der Waals surface area contributed by atoms with Crippen LogP contribution in [-0.2, 0) is 40.3 Å². The zero-order valence-corrected chi connectivity index (χ0v) is 19.4. The van der Waals surface area contributed by atoms with Gasteiger partial charge in [-0.15, -0.1) is 0 Å². The van der Waals surface area contributed by atoms with Gasteiger partial charge in [-0.3, -0.25) is 19.3 Å². The molecule has 2 aromatic heterocycles. The number of hydrogen-bond acceptors (Lipinski definition) is 6. The van der Waals surface area contributed by atoms with Gasteiger partial charge in [-0.05, 0) is 17.2 Å². The molecule has 4 rings (SSSR count). The third-order valence-electron chi connectivity index (χ3n) is 5.91. The summed E-state index contributed by atoms with van der Waals surface area (Å²) in [5.74, 6) is -0.414. The fraction of sp³-hybridized carbons (Fsp3) is 0.360. The number of nitrogens with zero attached hydrogens (tertiary/aromatic N) is 4. The Balaban J connectivity index is 1.56. The van der Waals surface area contributed by atoms with Crippen molar-refractivity contribution in [3.05, 3.63) is 82.9 Å². The minimum absolute atomic E-state index is 0.134. The largest absolute Gasteiger partial charge is 0.383 e. The minimum atomic E-state index is -0.700. The molecule has 3 aromatic rings. The van der Waals surface area contributed by atoms with Crippen LogP contribution in [0.1, 0.15) is 39.0 Å². The van der Waals surface area contributed by atoms with E-state index in [-0.39, 0.29) is 11.8 Å². The maximum atomic E-state index is 13.4. The Labute approximate surface area is 198 Å². The van der Waals surface area contributed by atoms with Crippen LogP contribution < -0.4 is 5.32 Å². The summed E-state index contributed by atoms with van der Waals surface area (Å²) in [6.07, 6.45) is 3.29. The number of ether oxygens (including phenoxy) is 2. The highest BCUT2D eigenvalue weighted by atomic mass is 16.5. The van der Waals surface area contributed by atoms with Gasteiger partial charge >= 0.3 is 0 Å². The lowest BCUT2D eigenvalue weighted by molar-refractivity contribution is -0.143. The van der Waals surface area contributed by atoms with Crippen LogP contribution >= 0.6 is 0 Å². The first-order valence-corrected chi connectivity index (χ1v) is 11.2. The topological polar surface area (TPSA) is 98.6 Å². The van der Waals surface area contributed by atoms with Gasteiger partial charge in [-0.25, -0.2) is 0 Å². The summed E-state index contributed by atoms with van der Waals surface area (Å²) in [5, 5.41) is 7.52. The summed E-state index contributed by atoms with van der Waals surface area (Å²) in [6, 6.07) is 13.1. The Morgan fingerprint density at radius 1 is 1.15 bits per heavy atom. The number of nitrogens with one attached hydrogen (secondary N) is 1. The molecule has 0 saturated heterocycles. The van der Waals surface area contributed by atoms with Crippen LogP contribution in [0.25, 0.3) is 0 Å². The third kappa shape index (κ3) is 5.16. The van der Waals surface area contributed by atoms with Crippen molar-refractivity contribution in [3.63, 3.8) is 0 Å². The molecule has 1 atom stereocenters. The lowest BCUT2D eigenvalue weighted by atomic mass is 10.0. The first kappa shape index (κ1) is 23.6. The molecule has 0 bridgehead atoms. The van der Waals surface area contributed by atoms with E-state index in [2.05, 4.69) is 15.4 Å². The van der Waals surface area contributed by atoms with Crippen LogP contribution in [0.3, 0.4) is 0 Å². The van der Waals surface area contributed by atoms with E-state index >= 15 is 0 Å². The quantitative estimate of drug-likeness (QED) is 0.522. The predicted molar refractivity (Wildman–Crippen MR) is 125 cm³/mol. The average molecular weight is 464 g/mol. The first-order chi connectivity index (χ1) is 16.6. The Kier molecular flexibility index (Phi) is 7.66. The van der Waals surface area contributed by atoms with E-state index in [1.165, 1.54) is 7.11 Å². The van der Waals surface area contributed by atoms with Gasteiger partial charge in [0.15, 0.2) is 11.8 Å². The lowest BCUT2D eigenvalue weighted by Gasteiger charge is -2.30. The van der Waals surface area contributed by atoms with E-state index < -0.39 is 6.10 Å². The van der Waals surface area contributed by atoms with Crippen molar-refractivity contribution < 1.29 is 19.1 Å². The Hall–Kier alpha value is -3.56. The van der Waals surface area contributed by atoms with E-state index in [1.54, 1.807) is 24.4 Å². The maximum absolute atomic E-state index is 13.4. The van der Waals surface area contributed by atoms with Crippen LogP contribution in [-0.4, -0.2) is 58.8 Å². The number of rotatable bonds is 9. The van der Waals surface area contributed by atoms with Crippen LogP contribution in [0.2, 0.25) is 0 Å². The number of hydrogen-bond donors (Lipinski definition) is 1. The molecule has 178 valence electrons. The van der Waals surface area contributed by atoms with Gasteiger partial charge < -0.3 is 19.7 Å². The number of amides is 2. The average Bonchev–Trinajstić information content (AvgIpc) is 3.25. The smallest absolute Gasteiger partial charge is 0.272 e. The molecule has 0 radical (unpaired) electrons. The molecular weight excluding hydrogens is 434 g/mol. The van der Waals surface area contributed by atoms with Crippen molar-refractivity contribution in [3.8, 4) is 0 Å². The summed E-state index contributed by atoms with van der Waals surface area (Å²) in [4.78, 5) is 32.3. The molecule has 0 saturated carbocycles. The highest BCUT2D eigenvalue weighted by Gasteiger charge is 2.33. The van der Waals surface area contributed by atoms with E-state index in [0.717, 1.165) is 22.4 Å². The van der Waals surface area contributed by atoms with Crippen molar-refractivity contribution in [2.75, 3.05) is 27.4 Å². The number of aromatic nitrogens is 3. The molecule has 9 nitrogen and oxygen atoms in total. The van der Waals surface area contributed by atoms with E-state index in [0.29, 0.717) is 44.9 Å². The van der Waals surface area contributed by atoms with Crippen molar-refractivity contribution in [1.29, 1.82) is 0 Å². The molecule has 3 heterocycles. The third-order valence-corrected chi connectivity index (χ3v) is 5.91. The van der Waals surface area contributed by atoms with E-state index in [9.17, 15) is 9.59 Å². The van der Waals surface area contributed by atoms with Crippen molar-refractivity contribution in [1.82, 2.24) is 25.0 Å². The second kappa shape index (κ2) is 11.0. The van der Waals surface area contributed by atoms with Gasteiger partial charge in [0.1, 0.15) is 0 Å². The normalized spacial score (nSPS) is 13.9. The SMILES string of the molecule is COCCn1nc(C(=O)NCc2cccnc2)c2c1CCN(C(=O)C(OC)c1ccccc1)C2. The van der Waals surface area contributed by atoms with Gasteiger partial charge in [0.2, 0.25) is 0 Å². The second-order valence-corrected chi connectivity index (χ2v) is 8.07. The number of pyridine rings is 1. The van der Waals surface area contributed by atoms with Gasteiger partial charge in [-0.2, -0.15) is 5.10 Å². The fourth-order valence-corrected chi connectivity index (χ4v) is 4.17. The Morgan fingerprint density at radius 2 is 1.97 bits per heavy atom. The van der Waals surface area contributed by atoms with E-state index in [1.807, 2.05) is 47.1 Å². The molecule has 1 aliphatic heterocycles. The van der Waals surface area contributed by atoms with Gasteiger partial charge in [0, 0.05) is 63.9 Å². The highest BCUT2D eigenvalue weighted by Crippen LogP contribution is 2.27. The monoisotopic (exact) mass is 463 g/mol. The van der Waals surface area contributed by atoms with Crippen molar-refractivity contribution in [2.45, 2.75) is 32.2 Å². The molecular formula is C25H29N5O4. The summed E-state index contributed by atoms with van der Waals surface area (Å²) < 4.78 is 12.6. The highest BCUT2D eigenvalue weighted by molar-refractivity contribution is 5.94. The minimum Gasteiger partial charge on any atom is -0.383 e. The fourth-order valence-electron chi connectivity index (χ4n) is 4.17. The van der Waals surface area contributed by atoms with Crippen molar-refractivity contribution >= 4 is 11.8 Å². The van der Waals surface area contributed by atoms with Gasteiger partial charge in [-0.1, -0.05) is 36.4 Å². The van der Waals surface area contributed by atoms with Crippen molar-refractivity contribution in [2.24, 2.45) is 0 Å². The molecule has 0 fully saturated rings. The predicted octanol–water partition coefficient (Wildman–Crippen LogP) is 2.13. The molecule has 1 unspecified atom stereocenters. The molecule has 1 N–H and O–H groups in total. The maximum Gasteiger partial charge on any atom is 0.272 e. The molecule has 34 heavy (non-hydrogen) atoms. The summed E-state index contributed by atoms with van der Waals surface area (Å²) in [5.41, 5.74) is 3.75. The van der Waals surface area contributed by atoms with Gasteiger partial charge in [0.25, 0.3) is 11.8 Å². The standard InChI is InChI=1S/C25H29N5O4/c1-33-14-13-30-21-10-12-29(25(32)23(34-2)19-8-4-3-5-9-19)17-20(21)22(28-30)24(31)27-16-18-7-6-11-26-15-18/h3-9,11,15,23H,10,12-14,16-17H2,1-2H3,(H,27,31). The number of fused-ring (bicyclic) bond motifs is 1. The number of benzene rings is 1. The molecule has 9 heteroatoms. The summed E-state index contributed by atoms with van der Waals surface area (Å²) >= 11 is 0. The zero-order chi connectivity index (χ0) is 23.9. The molecule has 0 aliphatic carbocycles. The zero-order valence-electron chi connectivity index (χ0n) is 19.4. The molecule has 0 spiro atoms. The lowest BCUT2D eigenvalue weighted by Crippen LogP contribution is -2.40. The van der Waals surface area contributed by atoms with Crippen LogP contribution in [0, 0.1) is 0 Å². The Morgan fingerprint density at radius 3 is 2.68 bits per heavy atom. The summed E-state index contributed by atoms with van der Waals surface area (Å²) in [7, 11) is 3.16. The Bertz CT molecular complexity index is 1120. The molecule has 2 amide bonds. The summed E-state index contributed by atoms with van der Waals surface area (Å²) in [6.45, 7) is 2.17. The van der Waals surface area contributed by atoms with Crippen LogP contribution in [0.15, 0.2) is 54.9 Å². The molecule has 1 aromatic carbocycles. The van der Waals surface area contributed by atoms with Gasteiger partial charge in [0.05, 0.1) is 13.2 Å². The van der Waals surface area contributed by atoms with Crippen LogP contribution in [0.5, 0.6) is 0 Å². The van der Waals surface area contributed by atoms with E-state index in [4.69, 9.17) is 9.47 Å². The second-order valence-electron chi connectivity index (χ2n) is 8.07. The number of methoxy groups -OCH3 is 2. The van der Waals surface area contributed by atoms with Crippen LogP contribution in [0.4, 0.5) is 0 Å². The molecule has 1 aliphatic rings. The number of carbonyl (C=O) groups is 2. The first-order valence-electron chi connectivity index (χ1n) is 11.2.